The van der Waals surface area contributed by atoms with Gasteiger partial charge in [-0.2, -0.15) is 0 Å². The number of rotatable bonds is 5. The normalized spacial score (nSPS) is 10.9. The smallest absolute Gasteiger partial charge is 0.314 e. The molecule has 3 nitrogen and oxygen atoms in total. The van der Waals surface area contributed by atoms with Crippen molar-refractivity contribution in [1.82, 2.24) is 0 Å². The van der Waals surface area contributed by atoms with E-state index in [0.29, 0.717) is 13.2 Å². The Hall–Kier alpha value is -1.51. The lowest BCUT2D eigenvalue weighted by atomic mass is 9.95. The van der Waals surface area contributed by atoms with Crippen LogP contribution < -0.4 is 4.74 Å². The molecule has 3 heteroatoms. The number of hydrogen-bond acceptors (Lipinski definition) is 3. The molecule has 1 rings (SSSR count). The number of hydrogen-bond donors (Lipinski definition) is 0. The summed E-state index contributed by atoms with van der Waals surface area (Å²) in [6.45, 7) is 6.14. The third kappa shape index (κ3) is 3.57. The molecule has 0 radical (unpaired) electrons. The lowest BCUT2D eigenvalue weighted by Gasteiger charge is -2.22. The molecule has 0 N–H and O–H groups in total. The Bertz CT molecular complexity index is 330. The average Bonchev–Trinajstić information content (AvgIpc) is 2.28. The van der Waals surface area contributed by atoms with E-state index in [1.807, 2.05) is 44.2 Å². The second-order valence-electron chi connectivity index (χ2n) is 4.21. The quantitative estimate of drug-likeness (QED) is 0.718. The predicted octanol–water partition coefficient (Wildman–Crippen LogP) is 2.65. The minimum absolute atomic E-state index is 0.231. The molecule has 0 aromatic heterocycles. The van der Waals surface area contributed by atoms with Crippen molar-refractivity contribution in [1.29, 1.82) is 0 Å². The summed E-state index contributed by atoms with van der Waals surface area (Å²) in [7, 11) is 0. The van der Waals surface area contributed by atoms with Gasteiger partial charge in [0.1, 0.15) is 12.4 Å². The highest BCUT2D eigenvalue weighted by atomic mass is 16.5. The van der Waals surface area contributed by atoms with Gasteiger partial charge in [-0.05, 0) is 32.9 Å². The molecule has 1 aromatic carbocycles. The van der Waals surface area contributed by atoms with Crippen LogP contribution in [0.3, 0.4) is 0 Å². The third-order valence-electron chi connectivity index (χ3n) is 2.17. The van der Waals surface area contributed by atoms with E-state index in [-0.39, 0.29) is 5.97 Å². The van der Waals surface area contributed by atoms with Crippen molar-refractivity contribution < 1.29 is 14.3 Å². The molecule has 0 spiro atoms. The van der Waals surface area contributed by atoms with E-state index in [1.54, 1.807) is 6.92 Å². The van der Waals surface area contributed by atoms with E-state index in [0.717, 1.165) is 5.75 Å². The second kappa shape index (κ2) is 5.54. The summed E-state index contributed by atoms with van der Waals surface area (Å²) in [5, 5.41) is 0. The van der Waals surface area contributed by atoms with Gasteiger partial charge in [0.2, 0.25) is 0 Å². The van der Waals surface area contributed by atoms with Crippen molar-refractivity contribution in [2.45, 2.75) is 20.8 Å². The Balaban J connectivity index is 2.51. The number of benzene rings is 1. The average molecular weight is 222 g/mol. The van der Waals surface area contributed by atoms with Gasteiger partial charge in [-0.3, -0.25) is 4.79 Å². The van der Waals surface area contributed by atoms with Gasteiger partial charge < -0.3 is 9.47 Å². The fourth-order valence-corrected chi connectivity index (χ4v) is 1.17. The zero-order valence-electron chi connectivity index (χ0n) is 10.0. The first-order valence-corrected chi connectivity index (χ1v) is 5.41. The van der Waals surface area contributed by atoms with Crippen LogP contribution in [0, 0.1) is 5.41 Å². The summed E-state index contributed by atoms with van der Waals surface area (Å²) in [6.07, 6.45) is 0. The van der Waals surface area contributed by atoms with Crippen LogP contribution in [0.25, 0.3) is 0 Å². The third-order valence-corrected chi connectivity index (χ3v) is 2.17. The molecule has 0 aliphatic heterocycles. The van der Waals surface area contributed by atoms with Crippen LogP contribution in [-0.4, -0.2) is 19.2 Å². The van der Waals surface area contributed by atoms with Gasteiger partial charge in [0.05, 0.1) is 12.0 Å². The summed E-state index contributed by atoms with van der Waals surface area (Å²) in [5.74, 6) is 0.533. The highest BCUT2D eigenvalue weighted by Crippen LogP contribution is 2.20. The van der Waals surface area contributed by atoms with Crippen LogP contribution >= 0.6 is 0 Å². The lowest BCUT2D eigenvalue weighted by Crippen LogP contribution is -2.32. The first-order valence-electron chi connectivity index (χ1n) is 5.41. The summed E-state index contributed by atoms with van der Waals surface area (Å²) in [4.78, 5) is 11.6. The molecule has 0 bridgehead atoms. The second-order valence-corrected chi connectivity index (χ2v) is 4.21. The van der Waals surface area contributed by atoms with Crippen LogP contribution in [0.5, 0.6) is 5.75 Å². The fourth-order valence-electron chi connectivity index (χ4n) is 1.17. The van der Waals surface area contributed by atoms with Crippen LogP contribution in [0.15, 0.2) is 30.3 Å². The molecule has 1 aromatic rings. The van der Waals surface area contributed by atoms with Crippen molar-refractivity contribution >= 4 is 5.97 Å². The molecule has 0 unspecified atom stereocenters. The van der Waals surface area contributed by atoms with Crippen LogP contribution in [-0.2, 0) is 9.53 Å². The molecular weight excluding hydrogens is 204 g/mol. The number of esters is 1. The Labute approximate surface area is 96.4 Å². The van der Waals surface area contributed by atoms with Crippen molar-refractivity contribution in [2.75, 3.05) is 13.2 Å². The molecule has 0 aliphatic rings. The number of carbonyl (C=O) groups excluding carboxylic acids is 1. The zero-order valence-corrected chi connectivity index (χ0v) is 10.0. The van der Waals surface area contributed by atoms with Crippen molar-refractivity contribution in [3.63, 3.8) is 0 Å². The summed E-state index contributed by atoms with van der Waals surface area (Å²) < 4.78 is 10.5. The molecule has 0 amide bonds. The van der Waals surface area contributed by atoms with Gasteiger partial charge in [-0.1, -0.05) is 18.2 Å². The van der Waals surface area contributed by atoms with Crippen molar-refractivity contribution in [3.05, 3.63) is 30.3 Å². The molecule has 0 heterocycles. The fraction of sp³-hybridized carbons (Fsp3) is 0.462. The standard InChI is InChI=1S/C13H18O3/c1-4-15-12(14)13(2,3)10-16-11-8-6-5-7-9-11/h5-9H,4,10H2,1-3H3. The molecule has 0 aliphatic carbocycles. The monoisotopic (exact) mass is 222 g/mol. The first kappa shape index (κ1) is 12.6. The minimum atomic E-state index is -0.619. The SMILES string of the molecule is CCOC(=O)C(C)(C)COc1ccccc1. The highest BCUT2D eigenvalue weighted by molar-refractivity contribution is 5.76. The highest BCUT2D eigenvalue weighted by Gasteiger charge is 2.30. The topological polar surface area (TPSA) is 35.5 Å². The van der Waals surface area contributed by atoms with E-state index in [9.17, 15) is 4.79 Å². The van der Waals surface area contributed by atoms with Crippen LogP contribution in [0.4, 0.5) is 0 Å². The molecule has 0 atom stereocenters. The van der Waals surface area contributed by atoms with Gasteiger partial charge in [0.15, 0.2) is 0 Å². The Morgan fingerprint density at radius 3 is 2.44 bits per heavy atom. The Morgan fingerprint density at radius 1 is 1.25 bits per heavy atom. The maximum absolute atomic E-state index is 11.6. The van der Waals surface area contributed by atoms with Crippen LogP contribution in [0.1, 0.15) is 20.8 Å². The number of para-hydroxylation sites is 1. The van der Waals surface area contributed by atoms with Gasteiger partial charge in [-0.15, -0.1) is 0 Å². The maximum atomic E-state index is 11.6. The van der Waals surface area contributed by atoms with Crippen LogP contribution in [0.2, 0.25) is 0 Å². The predicted molar refractivity (Wildman–Crippen MR) is 62.4 cm³/mol. The van der Waals surface area contributed by atoms with Gasteiger partial charge in [-0.25, -0.2) is 0 Å². The summed E-state index contributed by atoms with van der Waals surface area (Å²) in [6, 6.07) is 9.44. The van der Waals surface area contributed by atoms with E-state index in [1.165, 1.54) is 0 Å². The van der Waals surface area contributed by atoms with E-state index < -0.39 is 5.41 Å². The van der Waals surface area contributed by atoms with E-state index in [2.05, 4.69) is 0 Å². The molecular formula is C13H18O3. The lowest BCUT2D eigenvalue weighted by molar-refractivity contribution is -0.155. The van der Waals surface area contributed by atoms with Gasteiger partial charge >= 0.3 is 5.97 Å². The Kier molecular flexibility index (Phi) is 4.35. The molecule has 0 saturated heterocycles. The minimum Gasteiger partial charge on any atom is -0.492 e. The molecule has 16 heavy (non-hydrogen) atoms. The van der Waals surface area contributed by atoms with Crippen molar-refractivity contribution in [3.8, 4) is 5.75 Å². The van der Waals surface area contributed by atoms with Gasteiger partial charge in [0.25, 0.3) is 0 Å². The molecule has 88 valence electrons. The summed E-state index contributed by atoms with van der Waals surface area (Å²) >= 11 is 0. The first-order chi connectivity index (χ1) is 7.56. The van der Waals surface area contributed by atoms with E-state index in [4.69, 9.17) is 9.47 Å². The molecule has 0 fully saturated rings. The Morgan fingerprint density at radius 2 is 1.88 bits per heavy atom. The zero-order chi connectivity index (χ0) is 12.0. The van der Waals surface area contributed by atoms with Gasteiger partial charge in [0, 0.05) is 0 Å². The largest absolute Gasteiger partial charge is 0.492 e. The molecule has 0 saturated carbocycles. The maximum Gasteiger partial charge on any atom is 0.314 e. The number of ether oxygens (including phenoxy) is 2. The summed E-state index contributed by atoms with van der Waals surface area (Å²) in [5.41, 5.74) is -0.619. The van der Waals surface area contributed by atoms with Crippen molar-refractivity contribution in [2.24, 2.45) is 5.41 Å². The van der Waals surface area contributed by atoms with E-state index >= 15 is 0 Å². The number of carbonyl (C=O) groups is 1.